The van der Waals surface area contributed by atoms with Gasteiger partial charge in [-0.3, -0.25) is 0 Å². The molecule has 1 fully saturated rings. The fourth-order valence-corrected chi connectivity index (χ4v) is 6.17. The van der Waals surface area contributed by atoms with E-state index in [-0.39, 0.29) is 12.1 Å². The average molecular weight is 352 g/mol. The second-order valence-corrected chi connectivity index (χ2v) is 8.93. The number of hydrogen-bond acceptors (Lipinski definition) is 2. The van der Waals surface area contributed by atoms with Gasteiger partial charge in [-0.15, -0.1) is 0 Å². The molecule has 128 valence electrons. The van der Waals surface area contributed by atoms with E-state index >= 15 is 0 Å². The molecule has 3 aromatic rings. The van der Waals surface area contributed by atoms with Crippen LogP contribution in [-0.4, -0.2) is 19.0 Å². The predicted octanol–water partition coefficient (Wildman–Crippen LogP) is 4.25. The first-order chi connectivity index (χ1) is 12.1. The second kappa shape index (κ2) is 5.11. The molecule has 2 heterocycles. The van der Waals surface area contributed by atoms with Crippen LogP contribution in [0, 0.1) is 6.92 Å². The number of fused-ring (bicyclic) bond motifs is 5. The number of hydrogen-bond donors (Lipinski definition) is 0. The molecule has 0 spiro atoms. The molecule has 0 radical (unpaired) electrons. The molecule has 1 aliphatic carbocycles. The van der Waals surface area contributed by atoms with Crippen LogP contribution in [0.1, 0.15) is 30.9 Å². The van der Waals surface area contributed by atoms with Crippen molar-refractivity contribution in [3.05, 3.63) is 60.2 Å². The second-order valence-electron chi connectivity index (χ2n) is 7.11. The molecule has 1 aromatic heterocycles. The van der Waals surface area contributed by atoms with E-state index in [4.69, 9.17) is 0 Å². The minimum absolute atomic E-state index is 0.0332. The Balaban J connectivity index is 1.73. The Morgan fingerprint density at radius 3 is 2.48 bits per heavy atom. The number of aryl methyl sites for hydroxylation is 1. The van der Waals surface area contributed by atoms with Crippen LogP contribution in [0.4, 0.5) is 5.82 Å². The van der Waals surface area contributed by atoms with Gasteiger partial charge in [0, 0.05) is 5.39 Å². The Hall–Kier alpha value is -2.27. The molecule has 2 aromatic carbocycles. The number of rotatable bonds is 2. The quantitative estimate of drug-likeness (QED) is 0.692. The zero-order valence-corrected chi connectivity index (χ0v) is 14.9. The van der Waals surface area contributed by atoms with Crippen molar-refractivity contribution in [3.8, 4) is 0 Å². The highest BCUT2D eigenvalue weighted by molar-refractivity contribution is 7.92. The van der Waals surface area contributed by atoms with E-state index in [0.29, 0.717) is 4.90 Å². The maximum Gasteiger partial charge on any atom is 0.265 e. The molecule has 0 amide bonds. The molecule has 1 saturated carbocycles. The van der Waals surface area contributed by atoms with Gasteiger partial charge in [0.1, 0.15) is 5.82 Å². The van der Waals surface area contributed by atoms with E-state index in [1.54, 1.807) is 16.4 Å². The van der Waals surface area contributed by atoms with Gasteiger partial charge in [0.2, 0.25) is 0 Å². The van der Waals surface area contributed by atoms with Gasteiger partial charge < -0.3 is 4.57 Å². The van der Waals surface area contributed by atoms with Crippen LogP contribution in [-0.2, 0) is 10.0 Å². The van der Waals surface area contributed by atoms with Crippen LogP contribution in [0.2, 0.25) is 0 Å². The van der Waals surface area contributed by atoms with Crippen molar-refractivity contribution < 1.29 is 8.42 Å². The Bertz CT molecular complexity index is 1070. The first-order valence-corrected chi connectivity index (χ1v) is 10.2. The number of nitrogens with zero attached hydrogens (tertiary/aromatic N) is 2. The molecule has 0 bridgehead atoms. The Morgan fingerprint density at radius 1 is 0.960 bits per heavy atom. The summed E-state index contributed by atoms with van der Waals surface area (Å²) in [5, 5.41) is 1.10. The third-order valence-corrected chi connectivity index (χ3v) is 7.45. The zero-order valence-electron chi connectivity index (χ0n) is 14.1. The lowest BCUT2D eigenvalue weighted by Crippen LogP contribution is -2.37. The molecule has 5 rings (SSSR count). The summed E-state index contributed by atoms with van der Waals surface area (Å²) in [6.45, 7) is 1.97. The zero-order chi connectivity index (χ0) is 17.2. The van der Waals surface area contributed by atoms with E-state index in [0.717, 1.165) is 41.5 Å². The van der Waals surface area contributed by atoms with Crippen LogP contribution in [0.3, 0.4) is 0 Å². The van der Waals surface area contributed by atoms with Crippen LogP contribution >= 0.6 is 0 Å². The van der Waals surface area contributed by atoms with Gasteiger partial charge in [0.25, 0.3) is 10.0 Å². The summed E-state index contributed by atoms with van der Waals surface area (Å²) in [7, 11) is -3.56. The largest absolute Gasteiger partial charge is 0.321 e. The van der Waals surface area contributed by atoms with E-state index in [1.165, 1.54) is 0 Å². The highest BCUT2D eigenvalue weighted by Gasteiger charge is 2.47. The monoisotopic (exact) mass is 352 g/mol. The van der Waals surface area contributed by atoms with Crippen LogP contribution in [0.15, 0.2) is 59.5 Å². The standard InChI is InChI=1S/C20H20N2O2S/c1-14-9-11-16(12-10-14)25(23,24)22-19-8-4-7-18(19)21-17-6-3-2-5-15(17)13-20(21)22/h2-3,5-6,9-13,18-19H,4,7-8H2,1H3/t18-,19-/m0/s1. The van der Waals surface area contributed by atoms with E-state index in [9.17, 15) is 8.42 Å². The summed E-state index contributed by atoms with van der Waals surface area (Å²) in [4.78, 5) is 0.377. The Kier molecular flexibility index (Phi) is 3.07. The summed E-state index contributed by atoms with van der Waals surface area (Å²) in [6, 6.07) is 17.7. The van der Waals surface area contributed by atoms with Crippen molar-refractivity contribution in [3.63, 3.8) is 0 Å². The maximum absolute atomic E-state index is 13.4. The van der Waals surface area contributed by atoms with Gasteiger partial charge >= 0.3 is 0 Å². The van der Waals surface area contributed by atoms with Crippen molar-refractivity contribution in [1.29, 1.82) is 0 Å². The molecule has 2 atom stereocenters. The SMILES string of the molecule is Cc1ccc(S(=O)(=O)N2c3cc4ccccc4n3[C@H]3CCC[C@@H]32)cc1. The van der Waals surface area contributed by atoms with E-state index in [1.807, 2.05) is 37.3 Å². The van der Waals surface area contributed by atoms with Crippen molar-refractivity contribution in [2.75, 3.05) is 4.31 Å². The van der Waals surface area contributed by atoms with Crippen molar-refractivity contribution in [1.82, 2.24) is 4.57 Å². The van der Waals surface area contributed by atoms with Crippen LogP contribution < -0.4 is 4.31 Å². The molecule has 1 aliphatic heterocycles. The Morgan fingerprint density at radius 2 is 1.68 bits per heavy atom. The van der Waals surface area contributed by atoms with Gasteiger partial charge in [-0.1, -0.05) is 35.9 Å². The molecule has 25 heavy (non-hydrogen) atoms. The number of sulfonamides is 1. The molecule has 0 unspecified atom stereocenters. The summed E-state index contributed by atoms with van der Waals surface area (Å²) >= 11 is 0. The minimum Gasteiger partial charge on any atom is -0.321 e. The fourth-order valence-electron chi connectivity index (χ4n) is 4.47. The van der Waals surface area contributed by atoms with Crippen LogP contribution in [0.5, 0.6) is 0 Å². The normalized spacial score (nSPS) is 22.4. The summed E-state index contributed by atoms with van der Waals surface area (Å²) < 4.78 is 30.8. The summed E-state index contributed by atoms with van der Waals surface area (Å²) in [5.41, 5.74) is 2.20. The average Bonchev–Trinajstić information content (AvgIpc) is 3.24. The highest BCUT2D eigenvalue weighted by Crippen LogP contribution is 2.49. The Labute approximate surface area is 147 Å². The predicted molar refractivity (Wildman–Crippen MR) is 99.5 cm³/mol. The van der Waals surface area contributed by atoms with E-state index < -0.39 is 10.0 Å². The van der Waals surface area contributed by atoms with Gasteiger partial charge in [0.05, 0.1) is 22.5 Å². The first-order valence-electron chi connectivity index (χ1n) is 8.78. The maximum atomic E-state index is 13.4. The van der Waals surface area contributed by atoms with E-state index in [2.05, 4.69) is 16.7 Å². The third kappa shape index (κ3) is 2.02. The highest BCUT2D eigenvalue weighted by atomic mass is 32.2. The van der Waals surface area contributed by atoms with Crippen molar-refractivity contribution in [2.45, 2.75) is 43.2 Å². The lowest BCUT2D eigenvalue weighted by Gasteiger charge is -2.25. The fraction of sp³-hybridized carbons (Fsp3) is 0.300. The van der Waals surface area contributed by atoms with Gasteiger partial charge in [0.15, 0.2) is 0 Å². The molecular formula is C20H20N2O2S. The number of benzene rings is 2. The molecular weight excluding hydrogens is 332 g/mol. The molecule has 2 aliphatic rings. The number of aromatic nitrogens is 1. The van der Waals surface area contributed by atoms with Gasteiger partial charge in [-0.2, -0.15) is 0 Å². The van der Waals surface area contributed by atoms with Crippen LogP contribution in [0.25, 0.3) is 10.9 Å². The number of para-hydroxylation sites is 1. The molecule has 4 nitrogen and oxygen atoms in total. The van der Waals surface area contributed by atoms with Gasteiger partial charge in [-0.25, -0.2) is 12.7 Å². The van der Waals surface area contributed by atoms with Crippen molar-refractivity contribution >= 4 is 26.7 Å². The summed E-state index contributed by atoms with van der Waals surface area (Å²) in [6.07, 6.45) is 3.03. The van der Waals surface area contributed by atoms with Crippen molar-refractivity contribution in [2.24, 2.45) is 0 Å². The molecule has 0 saturated heterocycles. The molecule has 5 heteroatoms. The first kappa shape index (κ1) is 15.0. The summed E-state index contributed by atoms with van der Waals surface area (Å²) in [5.74, 6) is 0.816. The smallest absolute Gasteiger partial charge is 0.265 e. The lowest BCUT2D eigenvalue weighted by atomic mass is 10.2. The topological polar surface area (TPSA) is 42.3 Å². The third-order valence-electron chi connectivity index (χ3n) is 5.61. The van der Waals surface area contributed by atoms with Gasteiger partial charge in [-0.05, 0) is 50.5 Å². The lowest BCUT2D eigenvalue weighted by molar-refractivity contribution is 0.527. The molecule has 0 N–H and O–H groups in total. The minimum atomic E-state index is -3.56. The number of anilines is 1.